The van der Waals surface area contributed by atoms with Crippen molar-refractivity contribution in [2.24, 2.45) is 0 Å². The number of sulfone groups is 1. The van der Waals surface area contributed by atoms with Crippen LogP contribution < -0.4 is 10.9 Å². The quantitative estimate of drug-likeness (QED) is 0.792. The maximum Gasteiger partial charge on any atom is 0.408 e. The Morgan fingerprint density at radius 1 is 1.43 bits per heavy atom. The lowest BCUT2D eigenvalue weighted by atomic mass is 10.4. The van der Waals surface area contributed by atoms with Gasteiger partial charge in [-0.3, -0.25) is 4.79 Å². The van der Waals surface area contributed by atoms with E-state index in [1.165, 1.54) is 6.92 Å². The Morgan fingerprint density at radius 3 is 2.57 bits per heavy atom. The van der Waals surface area contributed by atoms with Gasteiger partial charge in [0, 0.05) is 12.3 Å². The molecule has 0 saturated carbocycles. The van der Waals surface area contributed by atoms with Crippen molar-refractivity contribution in [2.45, 2.75) is 19.6 Å². The number of halogens is 4. The molecule has 0 fully saturated rings. The molecule has 21 heavy (non-hydrogen) atoms. The molecule has 1 rings (SSSR count). The molecule has 0 bridgehead atoms. The molecule has 1 aromatic heterocycles. The molecule has 0 saturated heterocycles. The van der Waals surface area contributed by atoms with E-state index >= 15 is 0 Å². The molecule has 0 aliphatic heterocycles. The van der Waals surface area contributed by atoms with Crippen LogP contribution in [0.5, 0.6) is 0 Å². The molecule has 0 aliphatic rings. The summed E-state index contributed by atoms with van der Waals surface area (Å²) in [5.74, 6) is -0.164. The number of alkyl halides is 3. The summed E-state index contributed by atoms with van der Waals surface area (Å²) in [7, 11) is -3.18. The monoisotopic (exact) mass is 391 g/mol. The number of nitrogens with zero attached hydrogens (tertiary/aromatic N) is 2. The average molecular weight is 392 g/mol. The van der Waals surface area contributed by atoms with Gasteiger partial charge in [-0.2, -0.15) is 18.3 Å². The highest BCUT2D eigenvalue weighted by molar-refractivity contribution is 9.10. The van der Waals surface area contributed by atoms with Crippen LogP contribution in [0.15, 0.2) is 15.5 Å². The van der Waals surface area contributed by atoms with E-state index < -0.39 is 28.1 Å². The first-order chi connectivity index (χ1) is 9.56. The molecule has 0 amide bonds. The second-order valence-electron chi connectivity index (χ2n) is 4.11. The Morgan fingerprint density at radius 2 is 2.05 bits per heavy atom. The first-order valence-electron chi connectivity index (χ1n) is 5.82. The Balaban J connectivity index is 2.83. The van der Waals surface area contributed by atoms with E-state index in [0.29, 0.717) is 0 Å². The molecule has 0 aromatic carbocycles. The second-order valence-corrected chi connectivity index (χ2v) is 7.38. The Labute approximate surface area is 127 Å². The van der Waals surface area contributed by atoms with Crippen LogP contribution in [0.1, 0.15) is 6.92 Å². The summed E-state index contributed by atoms with van der Waals surface area (Å²) < 4.78 is 59.4. The van der Waals surface area contributed by atoms with Crippen molar-refractivity contribution in [2.75, 3.05) is 23.4 Å². The molecule has 0 spiro atoms. The van der Waals surface area contributed by atoms with Crippen molar-refractivity contribution in [1.29, 1.82) is 0 Å². The van der Waals surface area contributed by atoms with E-state index in [2.05, 4.69) is 26.3 Å². The maximum atomic E-state index is 12.2. The highest BCUT2D eigenvalue weighted by atomic mass is 79.9. The Hall–Kier alpha value is -1.10. The Bertz CT molecular complexity index is 658. The van der Waals surface area contributed by atoms with Gasteiger partial charge in [0.1, 0.15) is 11.0 Å². The molecule has 120 valence electrons. The molecule has 6 nitrogen and oxygen atoms in total. The zero-order valence-corrected chi connectivity index (χ0v) is 13.3. The van der Waals surface area contributed by atoms with E-state index in [4.69, 9.17) is 0 Å². The normalized spacial score (nSPS) is 12.4. The van der Waals surface area contributed by atoms with Crippen LogP contribution >= 0.6 is 15.9 Å². The lowest BCUT2D eigenvalue weighted by molar-refractivity contribution is -0.143. The van der Waals surface area contributed by atoms with Crippen LogP contribution in [0.3, 0.4) is 0 Å². The van der Waals surface area contributed by atoms with E-state index in [1.807, 2.05) is 0 Å². The molecule has 1 heterocycles. The van der Waals surface area contributed by atoms with Crippen molar-refractivity contribution in [3.63, 3.8) is 0 Å². The summed E-state index contributed by atoms with van der Waals surface area (Å²) in [6, 6.07) is 0. The fourth-order valence-corrected chi connectivity index (χ4v) is 2.51. The van der Waals surface area contributed by atoms with E-state index in [9.17, 15) is 26.4 Å². The second kappa shape index (κ2) is 6.77. The van der Waals surface area contributed by atoms with Crippen LogP contribution in [0.4, 0.5) is 18.9 Å². The first-order valence-corrected chi connectivity index (χ1v) is 8.44. The number of aromatic nitrogens is 2. The van der Waals surface area contributed by atoms with Gasteiger partial charge in [-0.25, -0.2) is 13.1 Å². The van der Waals surface area contributed by atoms with Gasteiger partial charge in [0.25, 0.3) is 5.56 Å². The third-order valence-corrected chi connectivity index (χ3v) is 4.95. The van der Waals surface area contributed by atoms with Gasteiger partial charge in [0.15, 0.2) is 9.84 Å². The van der Waals surface area contributed by atoms with Gasteiger partial charge in [-0.15, -0.1) is 0 Å². The Kier molecular flexibility index (Phi) is 5.79. The summed E-state index contributed by atoms with van der Waals surface area (Å²) in [6.07, 6.45) is -3.52. The minimum atomic E-state index is -4.56. The SMILES string of the molecule is CCS(=O)(=O)CCNc1cnn(CC(F)(F)F)c(=O)c1Br. The molecular formula is C10H13BrF3N3O3S. The van der Waals surface area contributed by atoms with E-state index in [-0.39, 0.29) is 32.9 Å². The highest BCUT2D eigenvalue weighted by Gasteiger charge is 2.29. The zero-order chi connectivity index (χ0) is 16.3. The fourth-order valence-electron chi connectivity index (χ4n) is 1.36. The smallest absolute Gasteiger partial charge is 0.382 e. The minimum Gasteiger partial charge on any atom is -0.382 e. The molecule has 0 unspecified atom stereocenters. The van der Waals surface area contributed by atoms with Gasteiger partial charge in [-0.05, 0) is 15.9 Å². The summed E-state index contributed by atoms with van der Waals surface area (Å²) in [6.45, 7) is 0.0409. The maximum absolute atomic E-state index is 12.2. The van der Waals surface area contributed by atoms with Crippen molar-refractivity contribution in [3.05, 3.63) is 21.0 Å². The van der Waals surface area contributed by atoms with Crippen molar-refractivity contribution in [3.8, 4) is 0 Å². The van der Waals surface area contributed by atoms with Gasteiger partial charge in [-0.1, -0.05) is 6.92 Å². The minimum absolute atomic E-state index is 0.0126. The van der Waals surface area contributed by atoms with E-state index in [1.54, 1.807) is 0 Å². The van der Waals surface area contributed by atoms with Crippen LogP contribution in [-0.2, 0) is 16.4 Å². The third kappa shape index (κ3) is 5.65. The van der Waals surface area contributed by atoms with Gasteiger partial charge < -0.3 is 5.32 Å². The standard InChI is InChI=1S/C10H13BrF3N3O3S/c1-2-21(19,20)4-3-15-7-5-16-17(6-10(12,13)14)9(18)8(7)11/h5,15H,2-4,6H2,1H3. The van der Waals surface area contributed by atoms with Crippen LogP contribution in [0.25, 0.3) is 0 Å². The van der Waals surface area contributed by atoms with Crippen LogP contribution in [-0.4, -0.2) is 42.4 Å². The predicted octanol–water partition coefficient (Wildman–Crippen LogP) is 1.41. The average Bonchev–Trinajstić information content (AvgIpc) is 2.36. The number of nitrogens with one attached hydrogen (secondary N) is 1. The molecule has 0 radical (unpaired) electrons. The van der Waals surface area contributed by atoms with E-state index in [0.717, 1.165) is 6.20 Å². The fraction of sp³-hybridized carbons (Fsp3) is 0.600. The summed E-state index contributed by atoms with van der Waals surface area (Å²) in [5.41, 5.74) is -0.805. The number of rotatable bonds is 6. The van der Waals surface area contributed by atoms with Crippen molar-refractivity contribution < 1.29 is 21.6 Å². The summed E-state index contributed by atoms with van der Waals surface area (Å²) >= 11 is 2.88. The van der Waals surface area contributed by atoms with Crippen molar-refractivity contribution >= 4 is 31.5 Å². The predicted molar refractivity (Wildman–Crippen MR) is 75.1 cm³/mol. The third-order valence-electron chi connectivity index (χ3n) is 2.48. The van der Waals surface area contributed by atoms with Gasteiger partial charge in [0.05, 0.1) is 17.6 Å². The number of hydrogen-bond acceptors (Lipinski definition) is 5. The summed E-state index contributed by atoms with van der Waals surface area (Å²) in [4.78, 5) is 11.7. The van der Waals surface area contributed by atoms with Gasteiger partial charge in [0.2, 0.25) is 0 Å². The van der Waals surface area contributed by atoms with Crippen molar-refractivity contribution in [1.82, 2.24) is 9.78 Å². The molecule has 0 aliphatic carbocycles. The largest absolute Gasteiger partial charge is 0.408 e. The lowest BCUT2D eigenvalue weighted by Crippen LogP contribution is -2.31. The molecule has 1 aromatic rings. The molecular weight excluding hydrogens is 379 g/mol. The van der Waals surface area contributed by atoms with Gasteiger partial charge >= 0.3 is 6.18 Å². The number of hydrogen-bond donors (Lipinski definition) is 1. The highest BCUT2D eigenvalue weighted by Crippen LogP contribution is 2.19. The zero-order valence-electron chi connectivity index (χ0n) is 10.9. The van der Waals surface area contributed by atoms with Crippen LogP contribution in [0.2, 0.25) is 0 Å². The first kappa shape index (κ1) is 18.0. The topological polar surface area (TPSA) is 81.1 Å². The number of anilines is 1. The lowest BCUT2D eigenvalue weighted by Gasteiger charge is -2.11. The molecule has 1 N–H and O–H groups in total. The summed E-state index contributed by atoms with van der Waals surface area (Å²) in [5, 5.41) is 6.05. The molecule has 11 heteroatoms. The van der Waals surface area contributed by atoms with Crippen LogP contribution in [0, 0.1) is 0 Å². The molecule has 0 atom stereocenters.